The van der Waals surface area contributed by atoms with E-state index in [1.165, 1.54) is 24.0 Å². The Bertz CT molecular complexity index is 2270. The number of anilines is 3. The van der Waals surface area contributed by atoms with Crippen LogP contribution < -0.4 is 34.5 Å². The average Bonchev–Trinajstić information content (AvgIpc) is 3.83. The molecule has 0 bridgehead atoms. The van der Waals surface area contributed by atoms with E-state index in [2.05, 4.69) is 18.1 Å². The normalized spacial score (nSPS) is 18.9. The second kappa shape index (κ2) is 22.2. The van der Waals surface area contributed by atoms with Crippen LogP contribution in [-0.4, -0.2) is 135 Å². The van der Waals surface area contributed by atoms with E-state index in [9.17, 15) is 24.3 Å². The Morgan fingerprint density at radius 1 is 0.864 bits per heavy atom. The Balaban J connectivity index is 0.000000477. The predicted octanol–water partition coefficient (Wildman–Crippen LogP) is 6.97. The van der Waals surface area contributed by atoms with Crippen molar-refractivity contribution in [3.05, 3.63) is 78.0 Å². The minimum absolute atomic E-state index is 0.209. The number of methoxy groups -OCH3 is 3. The van der Waals surface area contributed by atoms with Crippen LogP contribution in [0.3, 0.4) is 0 Å². The van der Waals surface area contributed by atoms with Crippen molar-refractivity contribution in [2.75, 3.05) is 82.1 Å². The maximum atomic E-state index is 13.7. The van der Waals surface area contributed by atoms with Gasteiger partial charge in [-0.05, 0) is 87.9 Å². The second-order valence-corrected chi connectivity index (χ2v) is 19.6. The molecule has 0 saturated carbocycles. The van der Waals surface area contributed by atoms with Gasteiger partial charge in [0.25, 0.3) is 11.8 Å². The number of nitrogen functional groups attached to an aromatic ring is 1. The molecule has 7 rings (SSSR count). The maximum absolute atomic E-state index is 13.7. The Hall–Kier alpha value is -5.63. The molecule has 66 heavy (non-hydrogen) atoms. The van der Waals surface area contributed by atoms with E-state index < -0.39 is 24.0 Å². The Morgan fingerprint density at radius 2 is 1.47 bits per heavy atom. The third-order valence-electron chi connectivity index (χ3n) is 11.1. The van der Waals surface area contributed by atoms with Crippen molar-refractivity contribution in [2.24, 2.45) is 0 Å². The first-order chi connectivity index (χ1) is 31.6. The van der Waals surface area contributed by atoms with Crippen LogP contribution in [0.2, 0.25) is 0 Å². The fraction of sp³-hybridized carbons (Fsp3) is 0.468. The van der Waals surface area contributed by atoms with Gasteiger partial charge in [-0.15, -0.1) is 0 Å². The number of aromatic nitrogens is 1. The Morgan fingerprint density at radius 3 is 2.06 bits per heavy atom. The lowest BCUT2D eigenvalue weighted by molar-refractivity contribution is -0.109. The number of hydrogen-bond acceptors (Lipinski definition) is 15. The van der Waals surface area contributed by atoms with Gasteiger partial charge in [-0.2, -0.15) is 0 Å². The van der Waals surface area contributed by atoms with Gasteiger partial charge < -0.3 is 49.1 Å². The van der Waals surface area contributed by atoms with Crippen molar-refractivity contribution in [2.45, 2.75) is 81.8 Å². The molecule has 17 nitrogen and oxygen atoms in total. The molecular formula is C47H60N6O11S2. The van der Waals surface area contributed by atoms with Gasteiger partial charge in [0.1, 0.15) is 10.6 Å². The first kappa shape index (κ1) is 49.8. The molecule has 356 valence electrons. The topological polar surface area (TPSA) is 196 Å². The molecule has 3 aromatic rings. The van der Waals surface area contributed by atoms with Crippen LogP contribution in [0.5, 0.6) is 23.0 Å². The highest BCUT2D eigenvalue weighted by molar-refractivity contribution is 8.76. The van der Waals surface area contributed by atoms with Gasteiger partial charge in [0.15, 0.2) is 29.2 Å². The van der Waals surface area contributed by atoms with Gasteiger partial charge >= 0.3 is 6.09 Å². The molecule has 19 heteroatoms. The quantitative estimate of drug-likeness (QED) is 0.0646. The number of rotatable bonds is 16. The fourth-order valence-corrected chi connectivity index (χ4v) is 9.75. The van der Waals surface area contributed by atoms with E-state index in [0.29, 0.717) is 98.3 Å². The number of benzene rings is 2. The van der Waals surface area contributed by atoms with Crippen molar-refractivity contribution in [3.8, 4) is 23.0 Å². The van der Waals surface area contributed by atoms with Crippen LogP contribution in [0.1, 0.15) is 73.6 Å². The minimum atomic E-state index is -1.24. The van der Waals surface area contributed by atoms with Gasteiger partial charge in [0, 0.05) is 38.1 Å². The molecule has 2 fully saturated rings. The third kappa shape index (κ3) is 11.8. The lowest BCUT2D eigenvalue weighted by atomic mass is 10.1. The molecule has 5 heterocycles. The Kier molecular flexibility index (Phi) is 16.8. The lowest BCUT2D eigenvalue weighted by Crippen LogP contribution is -2.48. The van der Waals surface area contributed by atoms with Gasteiger partial charge in [-0.1, -0.05) is 35.1 Å². The molecule has 2 aromatic carbocycles. The average molecular weight is 949 g/mol. The summed E-state index contributed by atoms with van der Waals surface area (Å²) in [5, 5.41) is 12.0. The number of pyridine rings is 1. The number of unbranched alkanes of at least 4 members (excludes halogenated alkanes) is 2. The van der Waals surface area contributed by atoms with Crippen LogP contribution in [0.4, 0.5) is 21.9 Å². The van der Waals surface area contributed by atoms with E-state index in [-0.39, 0.29) is 35.7 Å². The monoisotopic (exact) mass is 948 g/mol. The zero-order valence-corrected chi connectivity index (χ0v) is 40.0. The minimum Gasteiger partial charge on any atom is -0.493 e. The molecule has 1 aromatic heterocycles. The number of nitrogens with two attached hydrogens (primary N) is 1. The summed E-state index contributed by atoms with van der Waals surface area (Å²) in [4.78, 5) is 63.0. The molecule has 4 aliphatic rings. The van der Waals surface area contributed by atoms with Gasteiger partial charge in [-0.25, -0.2) is 9.78 Å². The summed E-state index contributed by atoms with van der Waals surface area (Å²) < 4.78 is 34.1. The van der Waals surface area contributed by atoms with Crippen LogP contribution in [-0.2, 0) is 14.3 Å². The van der Waals surface area contributed by atoms with Crippen molar-refractivity contribution in [1.29, 1.82) is 0 Å². The van der Waals surface area contributed by atoms with E-state index in [4.69, 9.17) is 34.2 Å². The number of nitrogens with zero attached hydrogens (tertiary/aromatic N) is 5. The Labute approximate surface area is 393 Å². The van der Waals surface area contributed by atoms with E-state index >= 15 is 0 Å². The molecule has 4 amide bonds. The molecular weight excluding hydrogens is 889 g/mol. The second-order valence-electron chi connectivity index (χ2n) is 17.1. The number of aliphatic hydroxyl groups is 1. The summed E-state index contributed by atoms with van der Waals surface area (Å²) in [7, 11) is 8.04. The van der Waals surface area contributed by atoms with Crippen molar-refractivity contribution in [3.63, 3.8) is 0 Å². The van der Waals surface area contributed by atoms with Crippen LogP contribution in [0, 0.1) is 0 Å². The number of carbonyl (C=O) groups excluding carboxylic acids is 4. The van der Waals surface area contributed by atoms with Crippen molar-refractivity contribution in [1.82, 2.24) is 14.8 Å². The molecule has 3 unspecified atom stereocenters. The molecule has 3 N–H and O–H groups in total. The van der Waals surface area contributed by atoms with Gasteiger partial charge in [0.2, 0.25) is 6.41 Å². The van der Waals surface area contributed by atoms with Crippen molar-refractivity contribution >= 4 is 63.0 Å². The number of fused-ring (bicyclic) bond motifs is 4. The van der Waals surface area contributed by atoms with Crippen LogP contribution in [0.15, 0.2) is 71.9 Å². The van der Waals surface area contributed by atoms with Gasteiger partial charge in [0.05, 0.1) is 87.1 Å². The predicted molar refractivity (Wildman–Crippen MR) is 255 cm³/mol. The van der Waals surface area contributed by atoms with E-state index in [1.54, 1.807) is 84.8 Å². The summed E-state index contributed by atoms with van der Waals surface area (Å²) in [5.41, 5.74) is 8.40. The number of amides is 4. The SMILES string of the molecule is C=C1CC2CN(C(=O)OC(C)(C)C)c3cc(OCCCCCOc4cc5c(cc4OC)C(=O)N4CC(=C)CC4C(O)N5C=O)c(OC)cc3C(=O)N2C1.COCCSSc1ccc(N)cn1. The number of carbonyl (C=O) groups is 4. The number of aliphatic hydroxyl groups excluding tert-OH is 1. The van der Waals surface area contributed by atoms with E-state index in [0.717, 1.165) is 39.9 Å². The molecule has 0 aliphatic carbocycles. The standard InChI is InChI=1S/C39H48N4O10.C8H12N2OS2/c1-23-13-25-21-42(38(48)53-39(3,4)5)28-17-33(31(49-6)15-26(28)35(45)40(25)19-23)51-11-9-8-10-12-52-34-18-29-27(16-32(34)50-7)36(46)41-20-24(2)14-30(41)37(47)43(29)22-44;1-11-4-5-12-13-8-3-2-7(9)6-10-8/h15-18,22,25,30,37,47H,1-2,8-14,19-21H2,3-7H3;2-3,6H,4-5,9H2,1H3. The van der Waals surface area contributed by atoms with E-state index in [1.807, 2.05) is 12.1 Å². The number of ether oxygens (including phenoxy) is 6. The largest absolute Gasteiger partial charge is 0.493 e. The molecule has 0 spiro atoms. The third-order valence-corrected chi connectivity index (χ3v) is 13.3. The molecule has 4 aliphatic heterocycles. The fourth-order valence-electron chi connectivity index (χ4n) is 7.98. The molecule has 0 radical (unpaired) electrons. The van der Waals surface area contributed by atoms with Crippen LogP contribution in [0.25, 0.3) is 0 Å². The molecule has 3 atom stereocenters. The summed E-state index contributed by atoms with van der Waals surface area (Å²) in [6.07, 6.45) is 3.40. The summed E-state index contributed by atoms with van der Waals surface area (Å²) in [5.74, 6) is 1.87. The summed E-state index contributed by atoms with van der Waals surface area (Å²) >= 11 is 0. The first-order valence-electron chi connectivity index (χ1n) is 21.6. The smallest absolute Gasteiger partial charge is 0.414 e. The highest BCUT2D eigenvalue weighted by Crippen LogP contribution is 2.43. The zero-order valence-electron chi connectivity index (χ0n) is 38.4. The van der Waals surface area contributed by atoms with Crippen molar-refractivity contribution < 1.29 is 52.7 Å². The lowest BCUT2D eigenvalue weighted by Gasteiger charge is -2.29. The highest BCUT2D eigenvalue weighted by atomic mass is 33.1. The van der Waals surface area contributed by atoms with Gasteiger partial charge in [-0.3, -0.25) is 24.2 Å². The number of hydrogen-bond donors (Lipinski definition) is 2. The summed E-state index contributed by atoms with van der Waals surface area (Å²) in [6, 6.07) is 9.33. The maximum Gasteiger partial charge on any atom is 0.414 e. The highest BCUT2D eigenvalue weighted by Gasteiger charge is 2.44. The molecule has 2 saturated heterocycles. The summed E-state index contributed by atoms with van der Waals surface area (Å²) in [6.45, 7) is 15.8. The van der Waals surface area contributed by atoms with Crippen LogP contribution >= 0.6 is 21.6 Å². The first-order valence-corrected chi connectivity index (χ1v) is 24.0. The zero-order chi connectivity index (χ0) is 47.7.